The Morgan fingerprint density at radius 3 is 2.85 bits per heavy atom. The molecule has 26 heavy (non-hydrogen) atoms. The van der Waals surface area contributed by atoms with Crippen LogP contribution in [0.4, 0.5) is 4.79 Å². The van der Waals surface area contributed by atoms with E-state index in [4.69, 9.17) is 11.6 Å². The van der Waals surface area contributed by atoms with Crippen LogP contribution in [-0.2, 0) is 4.79 Å². The summed E-state index contributed by atoms with van der Waals surface area (Å²) in [6.07, 6.45) is 4.82. The summed E-state index contributed by atoms with van der Waals surface area (Å²) in [6.45, 7) is 7.42. The van der Waals surface area contributed by atoms with Crippen molar-refractivity contribution in [2.45, 2.75) is 32.2 Å². The Kier molecular flexibility index (Phi) is 5.67. The van der Waals surface area contributed by atoms with Crippen molar-refractivity contribution in [3.05, 3.63) is 58.8 Å². The fraction of sp³-hybridized carbons (Fsp3) is 0.400. The third-order valence-corrected chi connectivity index (χ3v) is 5.06. The van der Waals surface area contributed by atoms with Gasteiger partial charge in [-0.3, -0.25) is 9.69 Å². The van der Waals surface area contributed by atoms with E-state index >= 15 is 0 Å². The number of nitrogens with one attached hydrogen (secondary N) is 1. The van der Waals surface area contributed by atoms with E-state index in [2.05, 4.69) is 18.8 Å². The lowest BCUT2D eigenvalue weighted by Gasteiger charge is -2.33. The van der Waals surface area contributed by atoms with Gasteiger partial charge in [0.15, 0.2) is 0 Å². The zero-order valence-electron chi connectivity index (χ0n) is 15.0. The summed E-state index contributed by atoms with van der Waals surface area (Å²) in [5, 5.41) is 3.54. The number of rotatable bonds is 7. The number of nitrogens with zero attached hydrogens (tertiary/aromatic N) is 2. The Hall–Kier alpha value is -2.27. The average molecular weight is 374 g/mol. The highest BCUT2D eigenvalue weighted by Crippen LogP contribution is 2.36. The molecule has 6 heteroatoms. The van der Waals surface area contributed by atoms with Gasteiger partial charge in [0.2, 0.25) is 0 Å². The van der Waals surface area contributed by atoms with Gasteiger partial charge in [-0.2, -0.15) is 0 Å². The Morgan fingerprint density at radius 2 is 2.15 bits per heavy atom. The SMILES string of the molecule is C=CCN1C(=O)N[C@@H](c2cccc(Cl)c2)C2=C1CN(CCCCC)C2=O. The van der Waals surface area contributed by atoms with Gasteiger partial charge >= 0.3 is 6.03 Å². The van der Waals surface area contributed by atoms with Crippen molar-refractivity contribution in [1.82, 2.24) is 15.1 Å². The van der Waals surface area contributed by atoms with E-state index in [-0.39, 0.29) is 11.9 Å². The minimum Gasteiger partial charge on any atom is -0.333 e. The monoisotopic (exact) mass is 373 g/mol. The van der Waals surface area contributed by atoms with E-state index in [0.29, 0.717) is 30.2 Å². The molecule has 0 aliphatic carbocycles. The molecular formula is C20H24ClN3O2. The molecule has 0 bridgehead atoms. The minimum absolute atomic E-state index is 0.00450. The van der Waals surface area contributed by atoms with Crippen LogP contribution in [-0.4, -0.2) is 41.4 Å². The summed E-state index contributed by atoms with van der Waals surface area (Å²) in [7, 11) is 0. The van der Waals surface area contributed by atoms with Crippen molar-refractivity contribution < 1.29 is 9.59 Å². The van der Waals surface area contributed by atoms with E-state index in [9.17, 15) is 9.59 Å². The van der Waals surface area contributed by atoms with Crippen molar-refractivity contribution in [2.75, 3.05) is 19.6 Å². The number of halogens is 1. The Bertz CT molecular complexity index is 759. The molecule has 0 saturated carbocycles. The maximum atomic E-state index is 13.1. The zero-order chi connectivity index (χ0) is 18.7. The van der Waals surface area contributed by atoms with Gasteiger partial charge in [0, 0.05) is 18.1 Å². The summed E-state index contributed by atoms with van der Waals surface area (Å²) < 4.78 is 0. The molecule has 1 N–H and O–H groups in total. The van der Waals surface area contributed by atoms with Crippen molar-refractivity contribution in [1.29, 1.82) is 0 Å². The van der Waals surface area contributed by atoms with E-state index in [1.807, 2.05) is 17.0 Å². The standard InChI is InChI=1S/C20H24ClN3O2/c1-3-5-6-11-23-13-16-17(19(23)25)18(14-8-7-9-15(21)12-14)22-20(26)24(16)10-4-2/h4,7-9,12,18H,2-3,5-6,10-11,13H2,1H3,(H,22,26)/t18-/m0/s1. The summed E-state index contributed by atoms with van der Waals surface area (Å²) in [5.41, 5.74) is 2.24. The summed E-state index contributed by atoms with van der Waals surface area (Å²) in [4.78, 5) is 29.2. The quantitative estimate of drug-likeness (QED) is 0.582. The summed E-state index contributed by atoms with van der Waals surface area (Å²) in [6, 6.07) is 6.62. The Balaban J connectivity index is 1.96. The molecule has 1 atom stereocenters. The van der Waals surface area contributed by atoms with Crippen molar-refractivity contribution >= 4 is 23.5 Å². The van der Waals surface area contributed by atoms with Gasteiger partial charge in [-0.15, -0.1) is 6.58 Å². The normalized spacial score (nSPS) is 19.7. The molecular weight excluding hydrogens is 350 g/mol. The van der Waals surface area contributed by atoms with Crippen LogP contribution in [0.5, 0.6) is 0 Å². The highest BCUT2D eigenvalue weighted by Gasteiger charge is 2.43. The van der Waals surface area contributed by atoms with Gasteiger partial charge < -0.3 is 10.2 Å². The predicted molar refractivity (Wildman–Crippen MR) is 103 cm³/mol. The van der Waals surface area contributed by atoms with Gasteiger partial charge in [0.05, 0.1) is 23.9 Å². The summed E-state index contributed by atoms with van der Waals surface area (Å²) in [5.74, 6) is -0.00450. The molecule has 2 aliphatic rings. The molecule has 0 spiro atoms. The fourth-order valence-corrected chi connectivity index (χ4v) is 3.74. The highest BCUT2D eigenvalue weighted by atomic mass is 35.5. The maximum Gasteiger partial charge on any atom is 0.322 e. The topological polar surface area (TPSA) is 52.7 Å². The van der Waals surface area contributed by atoms with Crippen LogP contribution in [0.3, 0.4) is 0 Å². The van der Waals surface area contributed by atoms with Gasteiger partial charge in [0.25, 0.3) is 5.91 Å². The number of benzene rings is 1. The van der Waals surface area contributed by atoms with Crippen molar-refractivity contribution in [2.24, 2.45) is 0 Å². The molecule has 0 fully saturated rings. The van der Waals surface area contributed by atoms with Gasteiger partial charge in [-0.1, -0.05) is 49.6 Å². The van der Waals surface area contributed by atoms with E-state index < -0.39 is 6.04 Å². The molecule has 0 saturated heterocycles. The number of unbranched alkanes of at least 4 members (excludes halogenated alkanes) is 2. The van der Waals surface area contributed by atoms with E-state index in [0.717, 1.165) is 30.5 Å². The van der Waals surface area contributed by atoms with Crippen molar-refractivity contribution in [3.8, 4) is 0 Å². The second-order valence-corrected chi connectivity index (χ2v) is 7.07. The van der Waals surface area contributed by atoms with Crippen LogP contribution in [0, 0.1) is 0 Å². The first-order valence-corrected chi connectivity index (χ1v) is 9.41. The molecule has 3 amide bonds. The van der Waals surface area contributed by atoms with Crippen LogP contribution in [0.15, 0.2) is 48.2 Å². The number of amides is 3. The van der Waals surface area contributed by atoms with Crippen LogP contribution in [0.25, 0.3) is 0 Å². The molecule has 1 aromatic carbocycles. The van der Waals surface area contributed by atoms with Crippen molar-refractivity contribution in [3.63, 3.8) is 0 Å². The summed E-state index contributed by atoms with van der Waals surface area (Å²) >= 11 is 6.12. The molecule has 138 valence electrons. The first-order valence-electron chi connectivity index (χ1n) is 9.03. The lowest BCUT2D eigenvalue weighted by Crippen LogP contribution is -2.47. The van der Waals surface area contributed by atoms with Crippen LogP contribution in [0.1, 0.15) is 37.8 Å². The lowest BCUT2D eigenvalue weighted by molar-refractivity contribution is -0.125. The molecule has 0 aromatic heterocycles. The number of hydrogen-bond donors (Lipinski definition) is 1. The second-order valence-electron chi connectivity index (χ2n) is 6.63. The van der Waals surface area contributed by atoms with E-state index in [1.54, 1.807) is 23.1 Å². The molecule has 1 aromatic rings. The molecule has 3 rings (SSSR count). The smallest absolute Gasteiger partial charge is 0.322 e. The van der Waals surface area contributed by atoms with Crippen LogP contribution in [0.2, 0.25) is 5.02 Å². The lowest BCUT2D eigenvalue weighted by atomic mass is 9.95. The molecule has 2 aliphatic heterocycles. The number of urea groups is 1. The van der Waals surface area contributed by atoms with Crippen LogP contribution >= 0.6 is 11.6 Å². The third kappa shape index (κ3) is 3.49. The predicted octanol–water partition coefficient (Wildman–Crippen LogP) is 3.88. The van der Waals surface area contributed by atoms with Crippen LogP contribution < -0.4 is 5.32 Å². The minimum atomic E-state index is -0.471. The van der Waals surface area contributed by atoms with Gasteiger partial charge in [-0.25, -0.2) is 4.79 Å². The zero-order valence-corrected chi connectivity index (χ0v) is 15.8. The van der Waals surface area contributed by atoms with Gasteiger partial charge in [-0.05, 0) is 24.1 Å². The fourth-order valence-electron chi connectivity index (χ4n) is 3.54. The molecule has 2 heterocycles. The third-order valence-electron chi connectivity index (χ3n) is 4.82. The number of hydrogen-bond acceptors (Lipinski definition) is 2. The Morgan fingerprint density at radius 1 is 1.35 bits per heavy atom. The maximum absolute atomic E-state index is 13.1. The second kappa shape index (κ2) is 7.96. The number of carbonyl (C=O) groups is 2. The molecule has 0 unspecified atom stereocenters. The van der Waals surface area contributed by atoms with Gasteiger partial charge in [0.1, 0.15) is 0 Å². The van der Waals surface area contributed by atoms with E-state index in [1.165, 1.54) is 0 Å². The first-order chi connectivity index (χ1) is 12.6. The molecule has 0 radical (unpaired) electrons. The molecule has 5 nitrogen and oxygen atoms in total. The number of carbonyl (C=O) groups excluding carboxylic acids is 2. The largest absolute Gasteiger partial charge is 0.333 e. The first kappa shape index (κ1) is 18.5. The average Bonchev–Trinajstić information content (AvgIpc) is 2.94. The Labute approximate surface area is 159 Å². The highest BCUT2D eigenvalue weighted by molar-refractivity contribution is 6.30.